The van der Waals surface area contributed by atoms with E-state index in [-0.39, 0.29) is 5.91 Å². The molecule has 7 nitrogen and oxygen atoms in total. The van der Waals surface area contributed by atoms with Crippen molar-refractivity contribution in [2.45, 2.75) is 13.8 Å². The molecule has 2 aromatic heterocycles. The number of nitrogens with zero attached hydrogens (tertiary/aromatic N) is 5. The average molecular weight is 469 g/mol. The zero-order valence-corrected chi connectivity index (χ0v) is 20.7. The largest absolute Gasteiger partial charge is 0.369 e. The van der Waals surface area contributed by atoms with Crippen LogP contribution >= 0.6 is 0 Å². The molecule has 0 spiro atoms. The second-order valence-corrected chi connectivity index (χ2v) is 9.05. The summed E-state index contributed by atoms with van der Waals surface area (Å²) in [5, 5.41) is 0. The van der Waals surface area contributed by atoms with E-state index in [1.807, 2.05) is 55.4 Å². The summed E-state index contributed by atoms with van der Waals surface area (Å²) in [5.74, 6) is 0.0579. The number of hydrogen-bond donors (Lipinski definition) is 1. The normalized spacial score (nSPS) is 14.4. The summed E-state index contributed by atoms with van der Waals surface area (Å²) in [6, 6.07) is 16.4. The van der Waals surface area contributed by atoms with E-state index in [0.29, 0.717) is 18.7 Å². The Morgan fingerprint density at radius 3 is 2.26 bits per heavy atom. The van der Waals surface area contributed by atoms with Crippen molar-refractivity contribution in [3.05, 3.63) is 66.5 Å². The Morgan fingerprint density at radius 2 is 1.60 bits per heavy atom. The number of likely N-dealkylation sites (N-methyl/N-ethyl adjacent to an activating group) is 1. The molecule has 0 radical (unpaired) electrons. The van der Waals surface area contributed by atoms with E-state index >= 15 is 0 Å². The first-order valence-electron chi connectivity index (χ1n) is 12.3. The van der Waals surface area contributed by atoms with Crippen molar-refractivity contribution in [3.8, 4) is 22.4 Å². The number of anilines is 1. The Kier molecular flexibility index (Phi) is 6.51. The highest BCUT2D eigenvalue weighted by Crippen LogP contribution is 2.29. The summed E-state index contributed by atoms with van der Waals surface area (Å²) in [6.07, 6.45) is 3.76. The number of rotatable bonds is 6. The third kappa shape index (κ3) is 4.64. The third-order valence-corrected chi connectivity index (χ3v) is 6.91. The summed E-state index contributed by atoms with van der Waals surface area (Å²) in [6.45, 7) is 9.68. The number of nitrogens with one attached hydrogen (secondary N) is 1. The second-order valence-electron chi connectivity index (χ2n) is 9.05. The van der Waals surface area contributed by atoms with Crippen LogP contribution in [0.5, 0.6) is 0 Å². The zero-order chi connectivity index (χ0) is 24.4. The van der Waals surface area contributed by atoms with E-state index in [9.17, 15) is 4.79 Å². The lowest BCUT2D eigenvalue weighted by molar-refractivity contribution is 0.0773. The summed E-state index contributed by atoms with van der Waals surface area (Å²) >= 11 is 0. The van der Waals surface area contributed by atoms with Gasteiger partial charge in [-0.15, -0.1) is 0 Å². The Balaban J connectivity index is 1.40. The van der Waals surface area contributed by atoms with Gasteiger partial charge in [0.25, 0.3) is 5.91 Å². The first-order chi connectivity index (χ1) is 17.1. The predicted molar refractivity (Wildman–Crippen MR) is 142 cm³/mol. The first-order valence-corrected chi connectivity index (χ1v) is 12.3. The molecule has 1 N–H and O–H groups in total. The Morgan fingerprint density at radius 1 is 0.943 bits per heavy atom. The zero-order valence-electron chi connectivity index (χ0n) is 20.7. The van der Waals surface area contributed by atoms with Gasteiger partial charge in [-0.1, -0.05) is 24.3 Å². The maximum atomic E-state index is 12.7. The van der Waals surface area contributed by atoms with Gasteiger partial charge in [0.05, 0.1) is 11.9 Å². The predicted octanol–water partition coefficient (Wildman–Crippen LogP) is 4.53. The van der Waals surface area contributed by atoms with Crippen LogP contribution in [0.15, 0.2) is 60.9 Å². The number of aromatic nitrogens is 3. The molecule has 35 heavy (non-hydrogen) atoms. The van der Waals surface area contributed by atoms with E-state index < -0.39 is 0 Å². The molecular weight excluding hydrogens is 436 g/mol. The molecule has 0 unspecified atom stereocenters. The van der Waals surface area contributed by atoms with E-state index in [0.717, 1.165) is 59.7 Å². The SMILES string of the molecule is CCN(CC)C(=O)c1ccc(-c2c[nH]c3ncc(-c4ccc(N5CCN(C)CC5)cc4)nc23)cc1. The number of aromatic amines is 1. The molecule has 1 aliphatic heterocycles. The van der Waals surface area contributed by atoms with Crippen LogP contribution in [0, 0.1) is 0 Å². The molecule has 0 bridgehead atoms. The number of piperazine rings is 1. The number of hydrogen-bond acceptors (Lipinski definition) is 5. The number of amides is 1. The maximum absolute atomic E-state index is 12.7. The second kappa shape index (κ2) is 9.88. The minimum absolute atomic E-state index is 0.0579. The number of carbonyl (C=O) groups excluding carboxylic acids is 1. The van der Waals surface area contributed by atoms with Crippen molar-refractivity contribution in [1.29, 1.82) is 0 Å². The summed E-state index contributed by atoms with van der Waals surface area (Å²) in [4.78, 5) is 32.1. The fraction of sp³-hybridized carbons (Fsp3) is 0.321. The molecule has 0 aliphatic carbocycles. The van der Waals surface area contributed by atoms with Crippen molar-refractivity contribution in [2.75, 3.05) is 51.2 Å². The lowest BCUT2D eigenvalue weighted by Crippen LogP contribution is -2.44. The van der Waals surface area contributed by atoms with Gasteiger partial charge in [-0.25, -0.2) is 9.97 Å². The molecule has 0 atom stereocenters. The Labute approximate surface area is 206 Å². The standard InChI is InChI=1S/C28H32N6O/c1-4-33(5-2)28(35)22-8-6-20(7-9-22)24-18-29-27-26(24)31-25(19-30-27)21-10-12-23(13-11-21)34-16-14-32(3)15-17-34/h6-13,18-19H,4-5,14-17H2,1-3H3,(H,29,30). The molecule has 7 heteroatoms. The van der Waals surface area contributed by atoms with Crippen molar-refractivity contribution in [1.82, 2.24) is 24.8 Å². The van der Waals surface area contributed by atoms with Gasteiger partial charge in [0, 0.05) is 67.8 Å². The first kappa shape index (κ1) is 23.1. The lowest BCUT2D eigenvalue weighted by atomic mass is 10.0. The topological polar surface area (TPSA) is 68.4 Å². The van der Waals surface area contributed by atoms with Gasteiger partial charge in [-0.3, -0.25) is 4.79 Å². The molecule has 5 rings (SSSR count). The number of fused-ring (bicyclic) bond motifs is 1. The van der Waals surface area contributed by atoms with Crippen LogP contribution in [-0.4, -0.2) is 77.0 Å². The van der Waals surface area contributed by atoms with E-state index in [1.165, 1.54) is 5.69 Å². The molecular formula is C28H32N6O. The monoisotopic (exact) mass is 468 g/mol. The van der Waals surface area contributed by atoms with E-state index in [4.69, 9.17) is 4.98 Å². The quantitative estimate of drug-likeness (QED) is 0.450. The van der Waals surface area contributed by atoms with Crippen molar-refractivity contribution in [3.63, 3.8) is 0 Å². The average Bonchev–Trinajstić information content (AvgIpc) is 3.33. The molecule has 180 valence electrons. The maximum Gasteiger partial charge on any atom is 0.253 e. The molecule has 1 saturated heterocycles. The van der Waals surface area contributed by atoms with Crippen molar-refractivity contribution in [2.24, 2.45) is 0 Å². The lowest BCUT2D eigenvalue weighted by Gasteiger charge is -2.34. The highest BCUT2D eigenvalue weighted by atomic mass is 16.2. The van der Waals surface area contributed by atoms with Gasteiger partial charge in [0.15, 0.2) is 5.65 Å². The summed E-state index contributed by atoms with van der Waals surface area (Å²) < 4.78 is 0. The van der Waals surface area contributed by atoms with Crippen LogP contribution < -0.4 is 4.90 Å². The van der Waals surface area contributed by atoms with Gasteiger partial charge in [0.2, 0.25) is 0 Å². The van der Waals surface area contributed by atoms with Crippen molar-refractivity contribution >= 4 is 22.8 Å². The molecule has 2 aromatic carbocycles. The van der Waals surface area contributed by atoms with E-state index in [2.05, 4.69) is 51.1 Å². The number of carbonyl (C=O) groups is 1. The van der Waals surface area contributed by atoms with Gasteiger partial charge in [-0.05, 0) is 50.7 Å². The van der Waals surface area contributed by atoms with Crippen LogP contribution in [0.1, 0.15) is 24.2 Å². The Bertz CT molecular complexity index is 1300. The van der Waals surface area contributed by atoms with Crippen LogP contribution in [0.3, 0.4) is 0 Å². The Hall–Kier alpha value is -3.71. The van der Waals surface area contributed by atoms with Crippen molar-refractivity contribution < 1.29 is 4.79 Å². The molecule has 1 amide bonds. The minimum Gasteiger partial charge on any atom is -0.369 e. The fourth-order valence-electron chi connectivity index (χ4n) is 4.64. The number of H-pyrrole nitrogens is 1. The van der Waals surface area contributed by atoms with Gasteiger partial charge in [0.1, 0.15) is 5.52 Å². The highest BCUT2D eigenvalue weighted by Gasteiger charge is 2.16. The third-order valence-electron chi connectivity index (χ3n) is 6.91. The molecule has 1 fully saturated rings. The van der Waals surface area contributed by atoms with Crippen LogP contribution in [0.25, 0.3) is 33.5 Å². The highest BCUT2D eigenvalue weighted by molar-refractivity contribution is 5.96. The van der Waals surface area contributed by atoms with Crippen LogP contribution in [0.2, 0.25) is 0 Å². The minimum atomic E-state index is 0.0579. The molecule has 1 aliphatic rings. The molecule has 4 aromatic rings. The van der Waals surface area contributed by atoms with E-state index in [1.54, 1.807) is 0 Å². The van der Waals surface area contributed by atoms with Crippen LogP contribution in [0.4, 0.5) is 5.69 Å². The smallest absolute Gasteiger partial charge is 0.253 e. The van der Waals surface area contributed by atoms with Gasteiger partial charge >= 0.3 is 0 Å². The molecule has 3 heterocycles. The van der Waals surface area contributed by atoms with Gasteiger partial charge in [-0.2, -0.15) is 0 Å². The fourth-order valence-corrected chi connectivity index (χ4v) is 4.64. The summed E-state index contributed by atoms with van der Waals surface area (Å²) in [7, 11) is 2.17. The number of benzene rings is 2. The van der Waals surface area contributed by atoms with Gasteiger partial charge < -0.3 is 19.7 Å². The summed E-state index contributed by atoms with van der Waals surface area (Å²) in [5.41, 5.74) is 7.40. The van der Waals surface area contributed by atoms with Crippen LogP contribution in [-0.2, 0) is 0 Å². The molecule has 0 saturated carbocycles.